The maximum Gasteiger partial charge on any atom is 0.321 e. The number of anilines is 1. The largest absolute Gasteiger partial charge is 0.497 e. The van der Waals surface area contributed by atoms with E-state index in [-0.39, 0.29) is 17.0 Å². The van der Waals surface area contributed by atoms with E-state index in [9.17, 15) is 14.0 Å². The van der Waals surface area contributed by atoms with E-state index in [0.717, 1.165) is 0 Å². The quantitative estimate of drug-likeness (QED) is 0.871. The van der Waals surface area contributed by atoms with E-state index in [0.29, 0.717) is 43.2 Å². The minimum absolute atomic E-state index is 0.00216. The highest BCUT2D eigenvalue weighted by atomic mass is 35.5. The SMILES string of the molecule is COc1cccc(C(=O)N2CCN(C(=O)Nc3ccc(Cl)c(F)c3)CC2)c1. The van der Waals surface area contributed by atoms with Gasteiger partial charge in [-0.1, -0.05) is 17.7 Å². The summed E-state index contributed by atoms with van der Waals surface area (Å²) in [4.78, 5) is 28.2. The van der Waals surface area contributed by atoms with Gasteiger partial charge in [-0.3, -0.25) is 4.79 Å². The van der Waals surface area contributed by atoms with E-state index in [1.54, 1.807) is 41.2 Å². The van der Waals surface area contributed by atoms with Crippen LogP contribution in [0.5, 0.6) is 5.75 Å². The fourth-order valence-corrected chi connectivity index (χ4v) is 2.95. The standard InChI is InChI=1S/C19H19ClFN3O3/c1-27-15-4-2-3-13(11-15)18(25)23-7-9-24(10-8-23)19(26)22-14-5-6-16(20)17(21)12-14/h2-6,11-12H,7-10H2,1H3,(H,22,26). The highest BCUT2D eigenvalue weighted by Crippen LogP contribution is 2.20. The highest BCUT2D eigenvalue weighted by Gasteiger charge is 2.25. The second kappa shape index (κ2) is 8.26. The van der Waals surface area contributed by atoms with Gasteiger partial charge in [0.25, 0.3) is 5.91 Å². The normalized spacial score (nSPS) is 14.0. The molecule has 1 aliphatic heterocycles. The van der Waals surface area contributed by atoms with Gasteiger partial charge in [0.1, 0.15) is 11.6 Å². The first-order valence-corrected chi connectivity index (χ1v) is 8.80. The van der Waals surface area contributed by atoms with Crippen LogP contribution in [0.15, 0.2) is 42.5 Å². The smallest absolute Gasteiger partial charge is 0.321 e. The second-order valence-corrected chi connectivity index (χ2v) is 6.48. The van der Waals surface area contributed by atoms with Gasteiger partial charge in [-0.05, 0) is 36.4 Å². The summed E-state index contributed by atoms with van der Waals surface area (Å²) in [5.41, 5.74) is 0.876. The van der Waals surface area contributed by atoms with E-state index in [4.69, 9.17) is 16.3 Å². The molecule has 0 radical (unpaired) electrons. The van der Waals surface area contributed by atoms with Crippen LogP contribution in [0, 0.1) is 5.82 Å². The molecule has 1 fully saturated rings. The Morgan fingerprint density at radius 1 is 1.07 bits per heavy atom. The molecule has 0 saturated carbocycles. The van der Waals surface area contributed by atoms with Crippen molar-refractivity contribution in [2.45, 2.75) is 0 Å². The molecule has 0 aliphatic carbocycles. The summed E-state index contributed by atoms with van der Waals surface area (Å²) in [5, 5.41) is 2.64. The summed E-state index contributed by atoms with van der Waals surface area (Å²) >= 11 is 5.64. The number of halogens is 2. The molecule has 6 nitrogen and oxygen atoms in total. The lowest BCUT2D eigenvalue weighted by atomic mass is 10.1. The average molecular weight is 392 g/mol. The van der Waals surface area contributed by atoms with Gasteiger partial charge >= 0.3 is 6.03 Å². The van der Waals surface area contributed by atoms with Crippen LogP contribution in [-0.2, 0) is 0 Å². The van der Waals surface area contributed by atoms with E-state index in [2.05, 4.69) is 5.32 Å². The number of piperazine rings is 1. The van der Waals surface area contributed by atoms with Gasteiger partial charge in [-0.2, -0.15) is 0 Å². The zero-order chi connectivity index (χ0) is 19.4. The van der Waals surface area contributed by atoms with Crippen molar-refractivity contribution in [3.8, 4) is 5.75 Å². The van der Waals surface area contributed by atoms with Crippen molar-refractivity contribution in [1.82, 2.24) is 9.80 Å². The van der Waals surface area contributed by atoms with Crippen LogP contribution < -0.4 is 10.1 Å². The number of nitrogens with zero attached hydrogens (tertiary/aromatic N) is 2. The van der Waals surface area contributed by atoms with Gasteiger partial charge in [0, 0.05) is 37.4 Å². The van der Waals surface area contributed by atoms with Crippen LogP contribution in [0.4, 0.5) is 14.9 Å². The first kappa shape index (κ1) is 19.0. The van der Waals surface area contributed by atoms with Gasteiger partial charge in [0.05, 0.1) is 12.1 Å². The predicted molar refractivity (Wildman–Crippen MR) is 101 cm³/mol. The molecule has 1 saturated heterocycles. The number of carbonyl (C=O) groups excluding carboxylic acids is 2. The number of rotatable bonds is 3. The van der Waals surface area contributed by atoms with Crippen molar-refractivity contribution in [3.63, 3.8) is 0 Å². The zero-order valence-corrected chi connectivity index (χ0v) is 15.5. The molecule has 0 bridgehead atoms. The van der Waals surface area contributed by atoms with Gasteiger partial charge in [0.15, 0.2) is 0 Å². The third kappa shape index (κ3) is 4.49. The van der Waals surface area contributed by atoms with E-state index >= 15 is 0 Å². The van der Waals surface area contributed by atoms with E-state index in [1.165, 1.54) is 18.2 Å². The van der Waals surface area contributed by atoms with Crippen molar-refractivity contribution in [3.05, 3.63) is 58.9 Å². The van der Waals surface area contributed by atoms with Crippen molar-refractivity contribution in [1.29, 1.82) is 0 Å². The highest BCUT2D eigenvalue weighted by molar-refractivity contribution is 6.30. The van der Waals surface area contributed by atoms with Gasteiger partial charge in [0.2, 0.25) is 0 Å². The van der Waals surface area contributed by atoms with Crippen molar-refractivity contribution in [2.75, 3.05) is 38.6 Å². The molecule has 3 rings (SSSR count). The fourth-order valence-electron chi connectivity index (χ4n) is 2.83. The van der Waals surface area contributed by atoms with Crippen LogP contribution in [0.3, 0.4) is 0 Å². The molecule has 27 heavy (non-hydrogen) atoms. The Balaban J connectivity index is 1.56. The lowest BCUT2D eigenvalue weighted by molar-refractivity contribution is 0.0671. The van der Waals surface area contributed by atoms with Crippen LogP contribution in [0.25, 0.3) is 0 Å². The summed E-state index contributed by atoms with van der Waals surface area (Å²) in [6.07, 6.45) is 0. The zero-order valence-electron chi connectivity index (χ0n) is 14.7. The molecule has 0 unspecified atom stereocenters. The minimum Gasteiger partial charge on any atom is -0.497 e. The van der Waals surface area contributed by atoms with Crippen molar-refractivity contribution < 1.29 is 18.7 Å². The number of amides is 3. The van der Waals surface area contributed by atoms with Crippen molar-refractivity contribution >= 4 is 29.2 Å². The first-order valence-electron chi connectivity index (χ1n) is 8.42. The molecule has 2 aromatic carbocycles. The molecule has 142 valence electrons. The Hall–Kier alpha value is -2.80. The van der Waals surface area contributed by atoms with Crippen LogP contribution >= 0.6 is 11.6 Å². The van der Waals surface area contributed by atoms with Crippen molar-refractivity contribution in [2.24, 2.45) is 0 Å². The number of hydrogen-bond acceptors (Lipinski definition) is 3. The van der Waals surface area contributed by atoms with Crippen LogP contribution in [0.1, 0.15) is 10.4 Å². The van der Waals surface area contributed by atoms with E-state index < -0.39 is 5.82 Å². The topological polar surface area (TPSA) is 61.9 Å². The number of ether oxygens (including phenoxy) is 1. The van der Waals surface area contributed by atoms with E-state index in [1.807, 2.05) is 0 Å². The average Bonchev–Trinajstić information content (AvgIpc) is 2.70. The minimum atomic E-state index is -0.594. The fraction of sp³-hybridized carbons (Fsp3) is 0.263. The van der Waals surface area contributed by atoms with Gasteiger partial charge < -0.3 is 19.9 Å². The molecule has 2 aromatic rings. The van der Waals surface area contributed by atoms with Crippen LogP contribution in [-0.4, -0.2) is 55.0 Å². The van der Waals surface area contributed by atoms with Gasteiger partial charge in [-0.15, -0.1) is 0 Å². The third-order valence-corrected chi connectivity index (χ3v) is 4.65. The number of hydrogen-bond donors (Lipinski definition) is 1. The summed E-state index contributed by atoms with van der Waals surface area (Å²) in [6.45, 7) is 1.60. The maximum atomic E-state index is 13.5. The molecule has 0 aromatic heterocycles. The summed E-state index contributed by atoms with van der Waals surface area (Å²) < 4.78 is 18.6. The monoisotopic (exact) mass is 391 g/mol. The number of methoxy groups -OCH3 is 1. The molecule has 0 spiro atoms. The summed E-state index contributed by atoms with van der Waals surface area (Å²) in [5.74, 6) is -0.0778. The number of urea groups is 1. The second-order valence-electron chi connectivity index (χ2n) is 6.07. The Morgan fingerprint density at radius 3 is 2.44 bits per heavy atom. The molecule has 1 aliphatic rings. The number of carbonyl (C=O) groups is 2. The lowest BCUT2D eigenvalue weighted by Crippen LogP contribution is -2.51. The molecule has 3 amide bonds. The first-order chi connectivity index (χ1) is 13.0. The lowest BCUT2D eigenvalue weighted by Gasteiger charge is -2.34. The predicted octanol–water partition coefficient (Wildman–Crippen LogP) is 3.48. The van der Waals surface area contributed by atoms with Gasteiger partial charge in [-0.25, -0.2) is 9.18 Å². The Morgan fingerprint density at radius 2 is 1.78 bits per heavy atom. The maximum absolute atomic E-state index is 13.5. The molecule has 1 N–H and O–H groups in total. The Labute approximate surface area is 161 Å². The molecular formula is C19H19ClFN3O3. The molecular weight excluding hydrogens is 373 g/mol. The van der Waals surface area contributed by atoms with Crippen LogP contribution in [0.2, 0.25) is 5.02 Å². The number of benzene rings is 2. The number of nitrogens with one attached hydrogen (secondary N) is 1. The molecule has 0 atom stereocenters. The molecule has 1 heterocycles. The summed E-state index contributed by atoms with van der Waals surface area (Å²) in [7, 11) is 1.55. The molecule has 8 heteroatoms. The third-order valence-electron chi connectivity index (χ3n) is 4.34. The Kier molecular flexibility index (Phi) is 5.81. The Bertz CT molecular complexity index is 854. The summed E-state index contributed by atoms with van der Waals surface area (Å²) in [6, 6.07) is 10.7.